The minimum Gasteiger partial charge on any atom is -0.497 e. The molecule has 0 radical (unpaired) electrons. The highest BCUT2D eigenvalue weighted by molar-refractivity contribution is 5.76. The number of piperazine rings is 1. The molecule has 1 aliphatic heterocycles. The van der Waals surface area contributed by atoms with Crippen LogP contribution >= 0.6 is 0 Å². The van der Waals surface area contributed by atoms with Crippen LogP contribution in [0.4, 0.5) is 5.69 Å². The van der Waals surface area contributed by atoms with Crippen molar-refractivity contribution >= 4 is 11.7 Å². The summed E-state index contributed by atoms with van der Waals surface area (Å²) in [6, 6.07) is 7.68. The fourth-order valence-corrected chi connectivity index (χ4v) is 2.62. The van der Waals surface area contributed by atoms with E-state index < -0.39 is 0 Å². The first-order chi connectivity index (χ1) is 10.2. The molecule has 6 nitrogen and oxygen atoms in total. The summed E-state index contributed by atoms with van der Waals surface area (Å²) in [5.74, 6) is 0.599. The third-order valence-electron chi connectivity index (χ3n) is 3.89. The summed E-state index contributed by atoms with van der Waals surface area (Å²) in [6.45, 7) is 3.60. The number of methoxy groups -OCH3 is 2. The lowest BCUT2D eigenvalue weighted by molar-refractivity contribution is -0.146. The molecular formula is C15H23N3O3. The van der Waals surface area contributed by atoms with E-state index in [1.165, 1.54) is 7.11 Å². The normalized spacial score (nSPS) is 17.4. The lowest BCUT2D eigenvalue weighted by Gasteiger charge is -2.38. The van der Waals surface area contributed by atoms with Crippen molar-refractivity contribution in [3.05, 3.63) is 24.3 Å². The van der Waals surface area contributed by atoms with Crippen LogP contribution in [-0.4, -0.2) is 63.9 Å². The SMILES string of the molecule is COC(=O)C(CN)N1CCN(c2ccc(OC)cc2)CC1. The summed E-state index contributed by atoms with van der Waals surface area (Å²) in [5, 5.41) is 0. The first-order valence-electron chi connectivity index (χ1n) is 7.10. The van der Waals surface area contributed by atoms with Crippen molar-refractivity contribution in [1.29, 1.82) is 0 Å². The average Bonchev–Trinajstić information content (AvgIpc) is 2.56. The molecule has 21 heavy (non-hydrogen) atoms. The molecule has 0 bridgehead atoms. The molecule has 116 valence electrons. The van der Waals surface area contributed by atoms with Crippen molar-refractivity contribution in [2.75, 3.05) is 51.8 Å². The van der Waals surface area contributed by atoms with Crippen LogP contribution in [0.2, 0.25) is 0 Å². The van der Waals surface area contributed by atoms with Crippen LogP contribution in [0.15, 0.2) is 24.3 Å². The monoisotopic (exact) mass is 293 g/mol. The van der Waals surface area contributed by atoms with Crippen LogP contribution in [0.3, 0.4) is 0 Å². The van der Waals surface area contributed by atoms with Crippen molar-refractivity contribution < 1.29 is 14.3 Å². The number of benzene rings is 1. The summed E-state index contributed by atoms with van der Waals surface area (Å²) in [5.41, 5.74) is 6.85. The molecule has 2 N–H and O–H groups in total. The molecule has 0 spiro atoms. The van der Waals surface area contributed by atoms with Gasteiger partial charge in [0, 0.05) is 38.4 Å². The molecule has 1 heterocycles. The van der Waals surface area contributed by atoms with Gasteiger partial charge in [0.15, 0.2) is 0 Å². The van der Waals surface area contributed by atoms with E-state index in [-0.39, 0.29) is 18.6 Å². The number of hydrogen-bond acceptors (Lipinski definition) is 6. The number of rotatable bonds is 5. The zero-order chi connectivity index (χ0) is 15.2. The molecule has 1 aromatic rings. The van der Waals surface area contributed by atoms with Crippen LogP contribution in [-0.2, 0) is 9.53 Å². The number of hydrogen-bond donors (Lipinski definition) is 1. The van der Waals surface area contributed by atoms with Gasteiger partial charge in [-0.15, -0.1) is 0 Å². The minimum absolute atomic E-state index is 0.254. The number of nitrogens with two attached hydrogens (primary N) is 1. The van der Waals surface area contributed by atoms with Crippen molar-refractivity contribution in [3.63, 3.8) is 0 Å². The van der Waals surface area contributed by atoms with Crippen LogP contribution in [0.1, 0.15) is 0 Å². The highest BCUT2D eigenvalue weighted by Crippen LogP contribution is 2.21. The molecule has 0 saturated carbocycles. The van der Waals surface area contributed by atoms with Crippen molar-refractivity contribution in [2.45, 2.75) is 6.04 Å². The molecule has 1 saturated heterocycles. The summed E-state index contributed by atoms with van der Waals surface area (Å²) in [4.78, 5) is 16.1. The zero-order valence-corrected chi connectivity index (χ0v) is 12.6. The molecule has 1 fully saturated rings. The molecular weight excluding hydrogens is 270 g/mol. The van der Waals surface area contributed by atoms with Crippen LogP contribution < -0.4 is 15.4 Å². The third kappa shape index (κ3) is 3.65. The van der Waals surface area contributed by atoms with E-state index in [2.05, 4.69) is 21.9 Å². The minimum atomic E-state index is -0.340. The highest BCUT2D eigenvalue weighted by Gasteiger charge is 2.28. The molecule has 1 aromatic carbocycles. The Morgan fingerprint density at radius 1 is 1.19 bits per heavy atom. The van der Waals surface area contributed by atoms with E-state index in [1.807, 2.05) is 12.1 Å². The number of carbonyl (C=O) groups excluding carboxylic acids is 1. The number of ether oxygens (including phenoxy) is 2. The van der Waals surface area contributed by atoms with Crippen LogP contribution in [0.25, 0.3) is 0 Å². The average molecular weight is 293 g/mol. The van der Waals surface area contributed by atoms with E-state index in [4.69, 9.17) is 15.2 Å². The van der Waals surface area contributed by atoms with Crippen molar-refractivity contribution in [3.8, 4) is 5.75 Å². The van der Waals surface area contributed by atoms with Gasteiger partial charge in [0.1, 0.15) is 11.8 Å². The molecule has 0 aliphatic carbocycles. The second-order valence-corrected chi connectivity index (χ2v) is 5.00. The fraction of sp³-hybridized carbons (Fsp3) is 0.533. The molecule has 1 aliphatic rings. The summed E-state index contributed by atoms with van der Waals surface area (Å²) in [6.07, 6.45) is 0. The Labute approximate surface area is 125 Å². The summed E-state index contributed by atoms with van der Waals surface area (Å²) < 4.78 is 9.97. The molecule has 0 aromatic heterocycles. The number of esters is 1. The van der Waals surface area contributed by atoms with Gasteiger partial charge in [0.25, 0.3) is 0 Å². The van der Waals surface area contributed by atoms with Gasteiger partial charge in [0.2, 0.25) is 0 Å². The smallest absolute Gasteiger partial charge is 0.324 e. The zero-order valence-electron chi connectivity index (χ0n) is 12.6. The Hall–Kier alpha value is -1.79. The predicted molar refractivity (Wildman–Crippen MR) is 81.6 cm³/mol. The Morgan fingerprint density at radius 3 is 2.29 bits per heavy atom. The summed E-state index contributed by atoms with van der Waals surface area (Å²) >= 11 is 0. The summed E-state index contributed by atoms with van der Waals surface area (Å²) in [7, 11) is 3.06. The number of carbonyl (C=O) groups is 1. The van der Waals surface area contributed by atoms with Crippen LogP contribution in [0.5, 0.6) is 5.75 Å². The van der Waals surface area contributed by atoms with E-state index >= 15 is 0 Å². The molecule has 6 heteroatoms. The first kappa shape index (κ1) is 15.6. The number of nitrogens with zero attached hydrogens (tertiary/aromatic N) is 2. The molecule has 1 unspecified atom stereocenters. The topological polar surface area (TPSA) is 68.0 Å². The van der Waals surface area contributed by atoms with Crippen molar-refractivity contribution in [2.24, 2.45) is 5.73 Å². The van der Waals surface area contributed by atoms with E-state index in [1.54, 1.807) is 7.11 Å². The van der Waals surface area contributed by atoms with Gasteiger partial charge in [0.05, 0.1) is 14.2 Å². The number of anilines is 1. The molecule has 1 atom stereocenters. The van der Waals surface area contributed by atoms with E-state index in [0.717, 1.165) is 37.6 Å². The lowest BCUT2D eigenvalue weighted by atomic mass is 10.2. The fourth-order valence-electron chi connectivity index (χ4n) is 2.62. The van der Waals surface area contributed by atoms with Crippen LogP contribution in [0, 0.1) is 0 Å². The van der Waals surface area contributed by atoms with Gasteiger partial charge in [-0.3, -0.25) is 9.69 Å². The highest BCUT2D eigenvalue weighted by atomic mass is 16.5. The lowest BCUT2D eigenvalue weighted by Crippen LogP contribution is -2.55. The predicted octanol–water partition coefficient (Wildman–Crippen LogP) is 0.318. The van der Waals surface area contributed by atoms with Gasteiger partial charge in [-0.2, -0.15) is 0 Å². The maximum Gasteiger partial charge on any atom is 0.324 e. The largest absolute Gasteiger partial charge is 0.497 e. The molecule has 2 rings (SSSR count). The third-order valence-corrected chi connectivity index (χ3v) is 3.89. The Kier molecular flexibility index (Phi) is 5.41. The maximum atomic E-state index is 11.7. The van der Waals surface area contributed by atoms with E-state index in [0.29, 0.717) is 0 Å². The van der Waals surface area contributed by atoms with E-state index in [9.17, 15) is 4.79 Å². The molecule has 0 amide bonds. The Bertz CT molecular complexity index is 456. The van der Waals surface area contributed by atoms with Gasteiger partial charge < -0.3 is 20.1 Å². The Balaban J connectivity index is 1.94. The van der Waals surface area contributed by atoms with Gasteiger partial charge in [-0.05, 0) is 24.3 Å². The second-order valence-electron chi connectivity index (χ2n) is 5.00. The quantitative estimate of drug-likeness (QED) is 0.789. The first-order valence-corrected chi connectivity index (χ1v) is 7.10. The van der Waals surface area contributed by atoms with Gasteiger partial charge in [-0.25, -0.2) is 0 Å². The van der Waals surface area contributed by atoms with Crippen molar-refractivity contribution in [1.82, 2.24) is 4.90 Å². The van der Waals surface area contributed by atoms with Gasteiger partial charge in [-0.1, -0.05) is 0 Å². The second kappa shape index (κ2) is 7.28. The Morgan fingerprint density at radius 2 is 1.81 bits per heavy atom. The standard InChI is InChI=1S/C15H23N3O3/c1-20-13-5-3-12(4-6-13)17-7-9-18(10-8-17)14(11-16)15(19)21-2/h3-6,14H,7-11,16H2,1-2H3. The van der Waals surface area contributed by atoms with Gasteiger partial charge >= 0.3 is 5.97 Å². The maximum absolute atomic E-state index is 11.7.